The van der Waals surface area contributed by atoms with Gasteiger partial charge in [-0.25, -0.2) is 4.98 Å². The number of nitrogens with zero attached hydrogens (tertiary/aromatic N) is 3. The minimum absolute atomic E-state index is 0.242. The fraction of sp³-hybridized carbons (Fsp3) is 0.174. The van der Waals surface area contributed by atoms with Gasteiger partial charge in [-0.3, -0.25) is 14.7 Å². The highest BCUT2D eigenvalue weighted by atomic mass is 35.5. The van der Waals surface area contributed by atoms with Crippen LogP contribution in [0.1, 0.15) is 27.2 Å². The van der Waals surface area contributed by atoms with E-state index in [1.54, 1.807) is 29.3 Å². The molecule has 1 amide bonds. The first-order valence-electron chi connectivity index (χ1n) is 9.39. The van der Waals surface area contributed by atoms with E-state index in [9.17, 15) is 4.79 Å². The van der Waals surface area contributed by atoms with Crippen molar-refractivity contribution in [3.8, 4) is 5.75 Å². The molecule has 4 aromatic rings. The van der Waals surface area contributed by atoms with Gasteiger partial charge in [0.1, 0.15) is 5.75 Å². The summed E-state index contributed by atoms with van der Waals surface area (Å²) in [6.45, 7) is 4.37. The number of ether oxygens (including phenoxy) is 1. The van der Waals surface area contributed by atoms with Crippen LogP contribution in [0.2, 0.25) is 5.02 Å². The molecule has 2 aromatic heterocycles. The number of anilines is 1. The molecule has 0 fully saturated rings. The summed E-state index contributed by atoms with van der Waals surface area (Å²) in [5.41, 5.74) is 4.29. The molecule has 0 bridgehead atoms. The lowest BCUT2D eigenvalue weighted by Crippen LogP contribution is -2.31. The van der Waals surface area contributed by atoms with Crippen molar-refractivity contribution >= 4 is 44.2 Å². The number of rotatable bonds is 5. The second-order valence-corrected chi connectivity index (χ2v) is 8.43. The Morgan fingerprint density at radius 2 is 2.00 bits per heavy atom. The Hall–Kier alpha value is -2.96. The molecule has 0 aliphatic carbocycles. The number of aromatic nitrogens is 2. The molecule has 0 aliphatic rings. The maximum atomic E-state index is 13.6. The van der Waals surface area contributed by atoms with Crippen molar-refractivity contribution in [3.63, 3.8) is 0 Å². The topological polar surface area (TPSA) is 55.3 Å². The molecule has 0 aliphatic heterocycles. The lowest BCUT2D eigenvalue weighted by Gasteiger charge is -2.21. The predicted octanol–water partition coefficient (Wildman–Crippen LogP) is 5.82. The average molecular weight is 438 g/mol. The fourth-order valence-corrected chi connectivity index (χ4v) is 4.66. The highest BCUT2D eigenvalue weighted by molar-refractivity contribution is 7.22. The maximum absolute atomic E-state index is 13.6. The third-order valence-corrected chi connectivity index (χ3v) is 5.99. The number of aryl methyl sites for hydroxylation is 2. The molecular formula is C23H20ClN3O2S. The quantitative estimate of drug-likeness (QED) is 0.395. The molecule has 152 valence electrons. The van der Waals surface area contributed by atoms with Gasteiger partial charge in [0, 0.05) is 11.2 Å². The zero-order valence-electron chi connectivity index (χ0n) is 16.8. The molecule has 0 N–H and O–H groups in total. The number of amides is 1. The van der Waals surface area contributed by atoms with E-state index in [0.717, 1.165) is 27.0 Å². The molecule has 2 heterocycles. The fourth-order valence-electron chi connectivity index (χ4n) is 3.35. The van der Waals surface area contributed by atoms with Crippen molar-refractivity contribution in [2.24, 2.45) is 0 Å². The minimum Gasteiger partial charge on any atom is -0.496 e. The number of pyridine rings is 1. The molecule has 0 spiro atoms. The van der Waals surface area contributed by atoms with Crippen LogP contribution in [0.15, 0.2) is 54.7 Å². The molecular weight excluding hydrogens is 418 g/mol. The number of benzene rings is 2. The van der Waals surface area contributed by atoms with E-state index in [1.807, 2.05) is 25.1 Å². The Morgan fingerprint density at radius 1 is 1.17 bits per heavy atom. The van der Waals surface area contributed by atoms with Crippen LogP contribution in [0.3, 0.4) is 0 Å². The van der Waals surface area contributed by atoms with Crippen molar-refractivity contribution < 1.29 is 9.53 Å². The lowest BCUT2D eigenvalue weighted by molar-refractivity contribution is 0.0982. The molecule has 5 nitrogen and oxygen atoms in total. The van der Waals surface area contributed by atoms with Gasteiger partial charge in [0.25, 0.3) is 5.91 Å². The first kappa shape index (κ1) is 20.3. The van der Waals surface area contributed by atoms with Crippen LogP contribution in [0, 0.1) is 13.8 Å². The summed E-state index contributed by atoms with van der Waals surface area (Å²) in [4.78, 5) is 24.5. The maximum Gasteiger partial charge on any atom is 0.264 e. The molecule has 0 radical (unpaired) electrons. The predicted molar refractivity (Wildman–Crippen MR) is 122 cm³/mol. The largest absolute Gasteiger partial charge is 0.496 e. The van der Waals surface area contributed by atoms with Crippen LogP contribution >= 0.6 is 22.9 Å². The standard InChI is InChI=1S/C23H20ClN3O2S/c1-14-10-15(2)21-20(11-14)30-23(26-21)27(13-17-6-4-5-9-25-17)22(28)18-12-16(24)7-8-19(18)29-3/h4-12H,13H2,1-3H3. The molecule has 0 unspecified atom stereocenters. The third kappa shape index (κ3) is 4.01. The third-order valence-electron chi connectivity index (χ3n) is 4.73. The summed E-state index contributed by atoms with van der Waals surface area (Å²) >= 11 is 7.67. The second-order valence-electron chi connectivity index (χ2n) is 6.98. The van der Waals surface area contributed by atoms with Gasteiger partial charge in [0.15, 0.2) is 5.13 Å². The number of hydrogen-bond acceptors (Lipinski definition) is 5. The summed E-state index contributed by atoms with van der Waals surface area (Å²) < 4.78 is 6.45. The second kappa shape index (κ2) is 8.42. The van der Waals surface area contributed by atoms with Gasteiger partial charge >= 0.3 is 0 Å². The number of halogens is 1. The van der Waals surface area contributed by atoms with E-state index in [1.165, 1.54) is 18.4 Å². The Labute approximate surface area is 183 Å². The average Bonchev–Trinajstić information content (AvgIpc) is 3.16. The van der Waals surface area contributed by atoms with Crippen LogP contribution in [0.25, 0.3) is 10.2 Å². The van der Waals surface area contributed by atoms with E-state index in [-0.39, 0.29) is 12.5 Å². The van der Waals surface area contributed by atoms with Crippen molar-refractivity contribution in [2.75, 3.05) is 12.0 Å². The van der Waals surface area contributed by atoms with Crippen molar-refractivity contribution in [1.29, 1.82) is 0 Å². The van der Waals surface area contributed by atoms with E-state index in [0.29, 0.717) is 21.5 Å². The summed E-state index contributed by atoms with van der Waals surface area (Å²) in [5, 5.41) is 1.07. The smallest absolute Gasteiger partial charge is 0.264 e. The first-order chi connectivity index (χ1) is 14.5. The number of carbonyl (C=O) groups excluding carboxylic acids is 1. The van der Waals surface area contributed by atoms with Crippen LogP contribution in [0.4, 0.5) is 5.13 Å². The Morgan fingerprint density at radius 3 is 2.73 bits per heavy atom. The molecule has 30 heavy (non-hydrogen) atoms. The number of methoxy groups -OCH3 is 1. The van der Waals surface area contributed by atoms with Crippen molar-refractivity contribution in [1.82, 2.24) is 9.97 Å². The van der Waals surface area contributed by atoms with Crippen LogP contribution in [-0.2, 0) is 6.54 Å². The molecule has 0 atom stereocenters. The first-order valence-corrected chi connectivity index (χ1v) is 10.6. The minimum atomic E-state index is -0.242. The van der Waals surface area contributed by atoms with Crippen molar-refractivity contribution in [2.45, 2.75) is 20.4 Å². The summed E-state index contributed by atoms with van der Waals surface area (Å²) in [6, 6.07) is 14.8. The zero-order valence-corrected chi connectivity index (χ0v) is 18.4. The molecule has 0 saturated carbocycles. The summed E-state index contributed by atoms with van der Waals surface area (Å²) in [7, 11) is 1.53. The van der Waals surface area contributed by atoms with Gasteiger partial charge in [-0.2, -0.15) is 0 Å². The Balaban J connectivity index is 1.84. The van der Waals surface area contributed by atoms with E-state index in [2.05, 4.69) is 24.0 Å². The van der Waals surface area contributed by atoms with Gasteiger partial charge in [-0.05, 0) is 61.4 Å². The molecule has 2 aromatic carbocycles. The number of carbonyl (C=O) groups is 1. The lowest BCUT2D eigenvalue weighted by atomic mass is 10.1. The molecule has 7 heteroatoms. The van der Waals surface area contributed by atoms with Gasteiger partial charge in [-0.1, -0.05) is 35.1 Å². The number of thiazole rings is 1. The van der Waals surface area contributed by atoms with Gasteiger partial charge in [-0.15, -0.1) is 0 Å². The molecule has 4 rings (SSSR count). The zero-order chi connectivity index (χ0) is 21.3. The Kier molecular flexibility index (Phi) is 5.70. The van der Waals surface area contributed by atoms with Crippen LogP contribution in [-0.4, -0.2) is 23.0 Å². The van der Waals surface area contributed by atoms with Gasteiger partial charge in [0.2, 0.25) is 0 Å². The van der Waals surface area contributed by atoms with Gasteiger partial charge in [0.05, 0.1) is 35.1 Å². The monoisotopic (exact) mass is 437 g/mol. The normalized spacial score (nSPS) is 10.9. The Bertz CT molecular complexity index is 1220. The highest BCUT2D eigenvalue weighted by Gasteiger charge is 2.25. The summed E-state index contributed by atoms with van der Waals surface area (Å²) in [5.74, 6) is 0.219. The highest BCUT2D eigenvalue weighted by Crippen LogP contribution is 2.34. The number of hydrogen-bond donors (Lipinski definition) is 0. The summed E-state index contributed by atoms with van der Waals surface area (Å²) in [6.07, 6.45) is 1.71. The number of fused-ring (bicyclic) bond motifs is 1. The van der Waals surface area contributed by atoms with Crippen LogP contribution in [0.5, 0.6) is 5.75 Å². The van der Waals surface area contributed by atoms with Crippen LogP contribution < -0.4 is 9.64 Å². The SMILES string of the molecule is COc1ccc(Cl)cc1C(=O)N(Cc1ccccn1)c1nc2c(C)cc(C)cc2s1. The van der Waals surface area contributed by atoms with E-state index >= 15 is 0 Å². The van der Waals surface area contributed by atoms with Gasteiger partial charge < -0.3 is 4.74 Å². The van der Waals surface area contributed by atoms with Crippen molar-refractivity contribution in [3.05, 3.63) is 82.1 Å². The molecule has 0 saturated heterocycles. The van der Waals surface area contributed by atoms with E-state index in [4.69, 9.17) is 21.3 Å². The van der Waals surface area contributed by atoms with E-state index < -0.39 is 0 Å².